The van der Waals surface area contributed by atoms with E-state index in [0.29, 0.717) is 23.8 Å². The van der Waals surface area contributed by atoms with Crippen LogP contribution in [0.15, 0.2) is 29.6 Å². The van der Waals surface area contributed by atoms with E-state index in [1.165, 1.54) is 0 Å². The van der Waals surface area contributed by atoms with E-state index in [4.69, 9.17) is 0 Å². The summed E-state index contributed by atoms with van der Waals surface area (Å²) in [5.41, 5.74) is 2.85. The molecule has 0 aliphatic rings. The van der Waals surface area contributed by atoms with Crippen LogP contribution in [-0.2, 0) is 6.54 Å². The Labute approximate surface area is 182 Å². The average molecular weight is 443 g/mol. The molecule has 0 aliphatic heterocycles. The van der Waals surface area contributed by atoms with Gasteiger partial charge < -0.3 is 10.6 Å². The lowest BCUT2D eigenvalue weighted by Crippen LogP contribution is -2.27. The maximum Gasteiger partial charge on any atom is 0.251 e. The maximum absolute atomic E-state index is 12.5. The van der Waals surface area contributed by atoms with Gasteiger partial charge in [0.15, 0.2) is 10.8 Å². The van der Waals surface area contributed by atoms with E-state index in [1.807, 2.05) is 6.07 Å². The molecular weight excluding hydrogens is 420 g/mol. The molecule has 4 rings (SSSR count). The van der Waals surface area contributed by atoms with Gasteiger partial charge in [-0.1, -0.05) is 18.7 Å². The minimum Gasteiger partial charge on any atom is -0.367 e. The molecule has 0 aliphatic carbocycles. The number of rotatable bonds is 8. The summed E-state index contributed by atoms with van der Waals surface area (Å²) < 4.78 is 10.1. The predicted molar refractivity (Wildman–Crippen MR) is 120 cm³/mol. The van der Waals surface area contributed by atoms with Crippen LogP contribution in [0.25, 0.3) is 22.1 Å². The molecule has 11 heteroatoms. The number of anilines is 1. The highest BCUT2D eigenvalue weighted by Crippen LogP contribution is 2.24. The second-order valence-electron chi connectivity index (χ2n) is 6.92. The zero-order valence-electron chi connectivity index (χ0n) is 16.9. The molecule has 0 radical (unpaired) electrons. The third kappa shape index (κ3) is 4.36. The molecule has 30 heavy (non-hydrogen) atoms. The lowest BCUT2D eigenvalue weighted by atomic mass is 10.2. The van der Waals surface area contributed by atoms with Gasteiger partial charge in [0.05, 0.1) is 29.9 Å². The van der Waals surface area contributed by atoms with Crippen LogP contribution in [0, 0.1) is 0 Å². The standard InChI is InChI=1S/C19H22N8OS2/c1-4-29-19-23-16(22-11(2)3)13-10-21-27(17(13)24-19)8-7-20-18(28)12-5-6-14-15(9-12)26-30-25-14/h5-6,9-11H,4,7-8H2,1-3H3,(H,20,28)(H,22,23,24). The number of thioether (sulfide) groups is 1. The second-order valence-corrected chi connectivity index (χ2v) is 8.68. The molecule has 4 aromatic rings. The van der Waals surface area contributed by atoms with Gasteiger partial charge in [0.25, 0.3) is 5.91 Å². The van der Waals surface area contributed by atoms with Gasteiger partial charge in [-0.05, 0) is 37.8 Å². The summed E-state index contributed by atoms with van der Waals surface area (Å²) >= 11 is 2.73. The lowest BCUT2D eigenvalue weighted by Gasteiger charge is -2.11. The first kappa shape index (κ1) is 20.5. The molecule has 156 valence electrons. The first-order valence-electron chi connectivity index (χ1n) is 9.68. The fourth-order valence-corrected chi connectivity index (χ4v) is 4.06. The van der Waals surface area contributed by atoms with Crippen molar-refractivity contribution in [1.82, 2.24) is 33.8 Å². The molecule has 9 nitrogen and oxygen atoms in total. The number of carbonyl (C=O) groups is 1. The highest BCUT2D eigenvalue weighted by molar-refractivity contribution is 7.99. The van der Waals surface area contributed by atoms with Gasteiger partial charge in [0, 0.05) is 18.2 Å². The summed E-state index contributed by atoms with van der Waals surface area (Å²) in [6.45, 7) is 7.14. The smallest absolute Gasteiger partial charge is 0.251 e. The van der Waals surface area contributed by atoms with Crippen LogP contribution >= 0.6 is 23.5 Å². The average Bonchev–Trinajstić information content (AvgIpc) is 3.34. The Kier molecular flexibility index (Phi) is 6.09. The minimum absolute atomic E-state index is 0.152. The van der Waals surface area contributed by atoms with Crippen LogP contribution in [0.1, 0.15) is 31.1 Å². The molecule has 0 fully saturated rings. The third-order valence-electron chi connectivity index (χ3n) is 4.30. The van der Waals surface area contributed by atoms with E-state index in [0.717, 1.165) is 45.4 Å². The quantitative estimate of drug-likeness (QED) is 0.316. The lowest BCUT2D eigenvalue weighted by molar-refractivity contribution is 0.0952. The Bertz CT molecular complexity index is 1190. The summed E-state index contributed by atoms with van der Waals surface area (Å²) in [5.74, 6) is 1.52. The Morgan fingerprint density at radius 2 is 2.07 bits per heavy atom. The highest BCUT2D eigenvalue weighted by Gasteiger charge is 2.14. The van der Waals surface area contributed by atoms with Crippen LogP contribution in [0.4, 0.5) is 5.82 Å². The summed E-state index contributed by atoms with van der Waals surface area (Å²) in [6, 6.07) is 5.56. The van der Waals surface area contributed by atoms with Crippen LogP contribution in [0.5, 0.6) is 0 Å². The molecule has 0 unspecified atom stereocenters. The van der Waals surface area contributed by atoms with Crippen molar-refractivity contribution in [1.29, 1.82) is 0 Å². The van der Waals surface area contributed by atoms with Crippen molar-refractivity contribution in [2.75, 3.05) is 17.6 Å². The zero-order chi connectivity index (χ0) is 21.1. The van der Waals surface area contributed by atoms with Crippen molar-refractivity contribution in [3.05, 3.63) is 30.0 Å². The van der Waals surface area contributed by atoms with Crippen molar-refractivity contribution >= 4 is 57.3 Å². The SMILES string of the molecule is CCSc1nc(NC(C)C)c2cnn(CCNC(=O)c3ccc4nsnc4c3)c2n1. The van der Waals surface area contributed by atoms with Gasteiger partial charge in [-0.15, -0.1) is 0 Å². The van der Waals surface area contributed by atoms with E-state index in [-0.39, 0.29) is 11.9 Å². The second kappa shape index (κ2) is 8.92. The summed E-state index contributed by atoms with van der Waals surface area (Å²) in [7, 11) is 0. The van der Waals surface area contributed by atoms with Gasteiger partial charge in [0.2, 0.25) is 0 Å². The van der Waals surface area contributed by atoms with Crippen molar-refractivity contribution < 1.29 is 4.79 Å². The fourth-order valence-electron chi connectivity index (χ4n) is 2.98. The van der Waals surface area contributed by atoms with E-state index >= 15 is 0 Å². The van der Waals surface area contributed by atoms with Crippen molar-refractivity contribution in [2.24, 2.45) is 0 Å². The van der Waals surface area contributed by atoms with Crippen molar-refractivity contribution in [2.45, 2.75) is 38.5 Å². The number of hydrogen-bond acceptors (Lipinski definition) is 9. The van der Waals surface area contributed by atoms with Gasteiger partial charge >= 0.3 is 0 Å². The van der Waals surface area contributed by atoms with Crippen LogP contribution in [-0.4, -0.2) is 52.7 Å². The number of amides is 1. The van der Waals surface area contributed by atoms with Gasteiger partial charge in [0.1, 0.15) is 16.9 Å². The van der Waals surface area contributed by atoms with Crippen LogP contribution in [0.2, 0.25) is 0 Å². The first-order chi connectivity index (χ1) is 14.5. The third-order valence-corrected chi connectivity index (χ3v) is 5.59. The zero-order valence-corrected chi connectivity index (χ0v) is 18.5. The molecule has 0 saturated heterocycles. The molecule has 3 heterocycles. The molecule has 1 amide bonds. The number of aromatic nitrogens is 6. The predicted octanol–water partition coefficient (Wildman–Crippen LogP) is 3.19. The van der Waals surface area contributed by atoms with E-state index in [1.54, 1.807) is 34.8 Å². The Balaban J connectivity index is 1.49. The number of benzene rings is 1. The van der Waals surface area contributed by atoms with Crippen molar-refractivity contribution in [3.63, 3.8) is 0 Å². The minimum atomic E-state index is -0.152. The van der Waals surface area contributed by atoms with Crippen LogP contribution < -0.4 is 10.6 Å². The number of carbonyl (C=O) groups excluding carboxylic acids is 1. The number of hydrogen-bond donors (Lipinski definition) is 2. The molecule has 0 atom stereocenters. The monoisotopic (exact) mass is 442 g/mol. The molecule has 2 N–H and O–H groups in total. The summed E-state index contributed by atoms with van der Waals surface area (Å²) in [6.07, 6.45) is 1.77. The van der Waals surface area contributed by atoms with Gasteiger partial charge in [-0.2, -0.15) is 13.8 Å². The Morgan fingerprint density at radius 1 is 1.23 bits per heavy atom. The molecular formula is C19H22N8OS2. The molecule has 0 saturated carbocycles. The Hall–Kier alpha value is -2.79. The normalized spacial score (nSPS) is 11.5. The highest BCUT2D eigenvalue weighted by atomic mass is 32.2. The molecule has 0 spiro atoms. The number of nitrogens with zero attached hydrogens (tertiary/aromatic N) is 6. The number of fused-ring (bicyclic) bond motifs is 2. The first-order valence-corrected chi connectivity index (χ1v) is 11.4. The van der Waals surface area contributed by atoms with E-state index < -0.39 is 0 Å². The van der Waals surface area contributed by atoms with E-state index in [2.05, 4.69) is 55.2 Å². The summed E-state index contributed by atoms with van der Waals surface area (Å²) in [4.78, 5) is 21.8. The topological polar surface area (TPSA) is 111 Å². The fraction of sp³-hybridized carbons (Fsp3) is 0.368. The maximum atomic E-state index is 12.5. The molecule has 0 bridgehead atoms. The number of nitrogens with one attached hydrogen (secondary N) is 2. The van der Waals surface area contributed by atoms with Gasteiger partial charge in [-0.25, -0.2) is 14.6 Å². The van der Waals surface area contributed by atoms with Crippen LogP contribution in [0.3, 0.4) is 0 Å². The molecule has 1 aromatic carbocycles. The largest absolute Gasteiger partial charge is 0.367 e. The van der Waals surface area contributed by atoms with E-state index in [9.17, 15) is 4.79 Å². The summed E-state index contributed by atoms with van der Waals surface area (Å²) in [5, 5.41) is 12.4. The Morgan fingerprint density at radius 3 is 2.87 bits per heavy atom. The van der Waals surface area contributed by atoms with Gasteiger partial charge in [-0.3, -0.25) is 4.79 Å². The molecule has 3 aromatic heterocycles. The van der Waals surface area contributed by atoms with Crippen molar-refractivity contribution in [3.8, 4) is 0 Å².